The van der Waals surface area contributed by atoms with Gasteiger partial charge in [0.1, 0.15) is 24.4 Å². The molecule has 7 atom stereocenters. The molecule has 0 bridgehead atoms. The Bertz CT molecular complexity index is 1270. The summed E-state index contributed by atoms with van der Waals surface area (Å²) in [6.45, 7) is 3.73. The van der Waals surface area contributed by atoms with Gasteiger partial charge in [0.25, 0.3) is 0 Å². The van der Waals surface area contributed by atoms with Gasteiger partial charge in [0, 0.05) is 6.42 Å². The summed E-state index contributed by atoms with van der Waals surface area (Å²) < 4.78 is 11.3. The summed E-state index contributed by atoms with van der Waals surface area (Å²) in [5.74, 6) is -0.162. The highest BCUT2D eigenvalue weighted by atomic mass is 16.7. The molecule has 0 spiro atoms. The van der Waals surface area contributed by atoms with Crippen molar-refractivity contribution in [2.45, 2.75) is 301 Å². The molecule has 1 rings (SSSR count). The van der Waals surface area contributed by atoms with E-state index in [0.29, 0.717) is 12.8 Å². The van der Waals surface area contributed by atoms with E-state index in [1.165, 1.54) is 141 Å². The lowest BCUT2D eigenvalue weighted by atomic mass is 9.99. The SMILES string of the molecule is CC/C=C\C/C=C\C/C=C\C/C=C\C/C=C\CCCCCCCC(=O)NC(COC1OC(CO)C(O)C(O)C1O)C(O)CCCCCCCCCCCCCCCCCCCCCCCCCCC. The average Bonchev–Trinajstić information content (AvgIpc) is 3.35. The van der Waals surface area contributed by atoms with Crippen molar-refractivity contribution in [1.82, 2.24) is 5.32 Å². The Morgan fingerprint density at radius 3 is 1.33 bits per heavy atom. The lowest BCUT2D eigenvalue weighted by Gasteiger charge is -2.40. The second-order valence-electron chi connectivity index (χ2n) is 20.1. The van der Waals surface area contributed by atoms with Crippen LogP contribution in [0.2, 0.25) is 0 Å². The van der Waals surface area contributed by atoms with E-state index in [1.807, 2.05) is 0 Å². The van der Waals surface area contributed by atoms with E-state index in [4.69, 9.17) is 9.47 Å². The first kappa shape index (κ1) is 64.9. The summed E-state index contributed by atoms with van der Waals surface area (Å²) in [5, 5.41) is 54.7. The zero-order valence-corrected chi connectivity index (χ0v) is 44.6. The maximum atomic E-state index is 13.1. The first-order valence-corrected chi connectivity index (χ1v) is 29.0. The Morgan fingerprint density at radius 1 is 0.507 bits per heavy atom. The van der Waals surface area contributed by atoms with Gasteiger partial charge in [-0.2, -0.15) is 0 Å². The van der Waals surface area contributed by atoms with Crippen molar-refractivity contribution < 1.29 is 39.8 Å². The molecule has 1 heterocycles. The van der Waals surface area contributed by atoms with Crippen LogP contribution < -0.4 is 5.32 Å². The Kier molecular flexibility index (Phi) is 46.5. The van der Waals surface area contributed by atoms with E-state index < -0.39 is 49.5 Å². The smallest absolute Gasteiger partial charge is 0.220 e. The predicted molar refractivity (Wildman–Crippen MR) is 290 cm³/mol. The van der Waals surface area contributed by atoms with Crippen molar-refractivity contribution in [2.75, 3.05) is 13.2 Å². The number of carbonyl (C=O) groups is 1. The van der Waals surface area contributed by atoms with Crippen LogP contribution >= 0.6 is 0 Å². The molecular weight excluding hydrogens is 863 g/mol. The molecule has 0 aromatic heterocycles. The van der Waals surface area contributed by atoms with Gasteiger partial charge in [-0.1, -0.05) is 254 Å². The number of allylic oxidation sites excluding steroid dienone is 10. The molecule has 6 N–H and O–H groups in total. The van der Waals surface area contributed by atoms with E-state index >= 15 is 0 Å². The molecule has 1 aliphatic rings. The maximum Gasteiger partial charge on any atom is 0.220 e. The monoisotopic (exact) mass is 972 g/mol. The molecule has 1 saturated heterocycles. The molecule has 7 unspecified atom stereocenters. The van der Waals surface area contributed by atoms with Crippen LogP contribution in [0.5, 0.6) is 0 Å². The normalized spacial score (nSPS) is 19.9. The number of amides is 1. The van der Waals surface area contributed by atoms with Gasteiger partial charge in [-0.25, -0.2) is 0 Å². The number of aliphatic hydroxyl groups is 5. The number of aliphatic hydroxyl groups excluding tert-OH is 5. The highest BCUT2D eigenvalue weighted by Gasteiger charge is 2.44. The van der Waals surface area contributed by atoms with Crippen LogP contribution in [-0.2, 0) is 14.3 Å². The molecule has 0 radical (unpaired) electrons. The summed E-state index contributed by atoms with van der Waals surface area (Å²) in [6.07, 6.45) is 59.6. The minimum absolute atomic E-state index is 0.148. The molecule has 69 heavy (non-hydrogen) atoms. The van der Waals surface area contributed by atoms with Crippen molar-refractivity contribution in [3.05, 3.63) is 60.8 Å². The van der Waals surface area contributed by atoms with Crippen LogP contribution in [0, 0.1) is 0 Å². The molecule has 1 fully saturated rings. The molecule has 9 heteroatoms. The topological polar surface area (TPSA) is 149 Å². The van der Waals surface area contributed by atoms with E-state index in [1.54, 1.807) is 0 Å². The van der Waals surface area contributed by atoms with Crippen molar-refractivity contribution in [3.8, 4) is 0 Å². The highest BCUT2D eigenvalue weighted by Crippen LogP contribution is 2.23. The molecule has 1 aliphatic heterocycles. The number of carbonyl (C=O) groups excluding carboxylic acids is 1. The van der Waals surface area contributed by atoms with Gasteiger partial charge in [0.15, 0.2) is 6.29 Å². The molecule has 402 valence electrons. The van der Waals surface area contributed by atoms with E-state index in [0.717, 1.165) is 89.9 Å². The number of ether oxygens (including phenoxy) is 2. The van der Waals surface area contributed by atoms with Crippen molar-refractivity contribution in [2.24, 2.45) is 0 Å². The first-order chi connectivity index (χ1) is 33.8. The van der Waals surface area contributed by atoms with Crippen LogP contribution in [0.1, 0.15) is 258 Å². The fraction of sp³-hybridized carbons (Fsp3) is 0.817. The van der Waals surface area contributed by atoms with E-state index in [-0.39, 0.29) is 12.5 Å². The summed E-state index contributed by atoms with van der Waals surface area (Å²) in [7, 11) is 0. The second-order valence-corrected chi connectivity index (χ2v) is 20.1. The Morgan fingerprint density at radius 2 is 0.899 bits per heavy atom. The quantitative estimate of drug-likeness (QED) is 0.0261. The minimum Gasteiger partial charge on any atom is -0.394 e. The number of hydrogen-bond acceptors (Lipinski definition) is 8. The van der Waals surface area contributed by atoms with Gasteiger partial charge < -0.3 is 40.3 Å². The molecule has 0 aliphatic carbocycles. The predicted octanol–water partition coefficient (Wildman–Crippen LogP) is 14.3. The Labute approximate surface area is 424 Å². The van der Waals surface area contributed by atoms with Crippen LogP contribution in [0.4, 0.5) is 0 Å². The molecule has 9 nitrogen and oxygen atoms in total. The third kappa shape index (κ3) is 39.1. The summed E-state index contributed by atoms with van der Waals surface area (Å²) in [4.78, 5) is 13.1. The molecule has 1 amide bonds. The largest absolute Gasteiger partial charge is 0.394 e. The van der Waals surface area contributed by atoms with Gasteiger partial charge >= 0.3 is 0 Å². The van der Waals surface area contributed by atoms with Gasteiger partial charge in [-0.05, 0) is 57.8 Å². The van der Waals surface area contributed by atoms with Gasteiger partial charge in [0.2, 0.25) is 5.91 Å². The van der Waals surface area contributed by atoms with Gasteiger partial charge in [0.05, 0.1) is 25.4 Å². The van der Waals surface area contributed by atoms with Gasteiger partial charge in [-0.3, -0.25) is 4.79 Å². The van der Waals surface area contributed by atoms with Crippen molar-refractivity contribution in [3.63, 3.8) is 0 Å². The highest BCUT2D eigenvalue weighted by molar-refractivity contribution is 5.76. The summed E-state index contributed by atoms with van der Waals surface area (Å²) in [6, 6.07) is -0.734. The summed E-state index contributed by atoms with van der Waals surface area (Å²) >= 11 is 0. The first-order valence-electron chi connectivity index (χ1n) is 29.0. The van der Waals surface area contributed by atoms with Crippen molar-refractivity contribution in [1.29, 1.82) is 0 Å². The number of unbranched alkanes of at least 4 members (excludes halogenated alkanes) is 29. The van der Waals surface area contributed by atoms with Crippen molar-refractivity contribution >= 4 is 5.91 Å². The minimum atomic E-state index is -1.56. The van der Waals surface area contributed by atoms with Crippen LogP contribution in [-0.4, -0.2) is 87.5 Å². The summed E-state index contributed by atoms with van der Waals surface area (Å²) in [5.41, 5.74) is 0. The van der Waals surface area contributed by atoms with Crippen LogP contribution in [0.15, 0.2) is 60.8 Å². The van der Waals surface area contributed by atoms with E-state index in [9.17, 15) is 30.3 Å². The fourth-order valence-electron chi connectivity index (χ4n) is 9.07. The zero-order chi connectivity index (χ0) is 50.1. The Hall–Kier alpha value is -2.11. The maximum absolute atomic E-state index is 13.1. The van der Waals surface area contributed by atoms with Crippen LogP contribution in [0.25, 0.3) is 0 Å². The standard InChI is InChI=1S/C60H109NO8/c1-3-5-7-9-11-13-15-17-19-21-23-25-26-27-28-30-31-33-35-37-39-41-43-45-47-49-54(63)53(52-68-60-59(67)58(66)57(65)55(51-62)69-60)61-56(64)50-48-46-44-42-40-38-36-34-32-29-24-22-20-18-16-14-12-10-8-6-4-2/h6,8,12,14,18,20,24,29,34,36,53-55,57-60,62-63,65-67H,3-5,7,9-11,13,15-17,19,21-23,25-28,30-33,35,37-52H2,1-2H3,(H,61,64)/b8-6-,14-12-,20-18-,29-24-,36-34-. The lowest BCUT2D eigenvalue weighted by Crippen LogP contribution is -2.60. The number of nitrogens with one attached hydrogen (secondary N) is 1. The zero-order valence-electron chi connectivity index (χ0n) is 44.6. The Balaban J connectivity index is 2.22. The average molecular weight is 973 g/mol. The molecule has 0 aromatic rings. The molecule has 0 saturated carbocycles. The number of hydrogen-bond donors (Lipinski definition) is 6. The van der Waals surface area contributed by atoms with Crippen LogP contribution in [0.3, 0.4) is 0 Å². The third-order valence-corrected chi connectivity index (χ3v) is 13.6. The third-order valence-electron chi connectivity index (χ3n) is 13.6. The molecule has 0 aromatic carbocycles. The fourth-order valence-corrected chi connectivity index (χ4v) is 9.07. The second kappa shape index (κ2) is 49.5. The molecular formula is C60H109NO8. The van der Waals surface area contributed by atoms with Gasteiger partial charge in [-0.15, -0.1) is 0 Å². The number of rotatable bonds is 49. The lowest BCUT2D eigenvalue weighted by molar-refractivity contribution is -0.302. The van der Waals surface area contributed by atoms with E-state index in [2.05, 4.69) is 79.9 Å².